The first kappa shape index (κ1) is 22.5. The number of aryl methyl sites for hydroxylation is 1. The number of methoxy groups -OCH3 is 1. The van der Waals surface area contributed by atoms with Gasteiger partial charge in [-0.05, 0) is 55.0 Å². The number of hydrogen-bond donors (Lipinski definition) is 1. The highest BCUT2D eigenvalue weighted by molar-refractivity contribution is 5.93. The summed E-state index contributed by atoms with van der Waals surface area (Å²) in [4.78, 5) is 15.4. The molecule has 2 aromatic carbocycles. The van der Waals surface area contributed by atoms with E-state index < -0.39 is 0 Å². The molecule has 0 bridgehead atoms. The lowest BCUT2D eigenvalue weighted by Gasteiger charge is -2.39. The number of carbonyl (C=O) groups is 1. The second kappa shape index (κ2) is 9.89. The highest BCUT2D eigenvalue weighted by Crippen LogP contribution is 2.35. The first-order valence-electron chi connectivity index (χ1n) is 12.0. The number of para-hydroxylation sites is 1. The third-order valence-corrected chi connectivity index (χ3v) is 7.05. The van der Waals surface area contributed by atoms with Crippen molar-refractivity contribution in [1.29, 1.82) is 0 Å². The number of amides is 1. The van der Waals surface area contributed by atoms with Gasteiger partial charge in [0.15, 0.2) is 0 Å². The van der Waals surface area contributed by atoms with Gasteiger partial charge in [-0.3, -0.25) is 14.4 Å². The monoisotopic (exact) mass is 460 g/mol. The van der Waals surface area contributed by atoms with E-state index in [9.17, 15) is 4.79 Å². The lowest BCUT2D eigenvalue weighted by atomic mass is 9.81. The van der Waals surface area contributed by atoms with Crippen LogP contribution < -0.4 is 14.8 Å². The predicted molar refractivity (Wildman–Crippen MR) is 132 cm³/mol. The van der Waals surface area contributed by atoms with Crippen molar-refractivity contribution in [3.8, 4) is 22.6 Å². The van der Waals surface area contributed by atoms with Crippen LogP contribution in [0.15, 0.2) is 54.9 Å². The van der Waals surface area contributed by atoms with Crippen molar-refractivity contribution in [3.63, 3.8) is 0 Å². The van der Waals surface area contributed by atoms with Gasteiger partial charge >= 0.3 is 0 Å². The van der Waals surface area contributed by atoms with Crippen molar-refractivity contribution in [1.82, 2.24) is 14.7 Å². The average Bonchev–Trinajstić information content (AvgIpc) is 3.28. The average molecular weight is 461 g/mol. The molecule has 0 radical (unpaired) electrons. The van der Waals surface area contributed by atoms with Gasteiger partial charge in [0.1, 0.15) is 11.5 Å². The van der Waals surface area contributed by atoms with E-state index in [0.717, 1.165) is 60.8 Å². The van der Waals surface area contributed by atoms with Crippen molar-refractivity contribution in [2.45, 2.75) is 25.8 Å². The number of piperidine rings is 1. The van der Waals surface area contributed by atoms with Crippen molar-refractivity contribution in [2.24, 2.45) is 18.9 Å². The molecule has 1 N–H and O–H groups in total. The minimum absolute atomic E-state index is 0.0639. The largest absolute Gasteiger partial charge is 0.496 e. The van der Waals surface area contributed by atoms with Gasteiger partial charge in [0.2, 0.25) is 5.91 Å². The lowest BCUT2D eigenvalue weighted by molar-refractivity contribution is -0.118. The van der Waals surface area contributed by atoms with E-state index >= 15 is 0 Å². The molecule has 1 amide bonds. The third kappa shape index (κ3) is 4.94. The third-order valence-electron chi connectivity index (χ3n) is 7.05. The molecule has 0 unspecified atom stereocenters. The van der Waals surface area contributed by atoms with E-state index in [-0.39, 0.29) is 5.91 Å². The van der Waals surface area contributed by atoms with Crippen LogP contribution in [-0.2, 0) is 18.4 Å². The summed E-state index contributed by atoms with van der Waals surface area (Å²) in [5, 5.41) is 7.36. The summed E-state index contributed by atoms with van der Waals surface area (Å²) in [6.45, 7) is 3.43. The Hall–Kier alpha value is -3.32. The van der Waals surface area contributed by atoms with E-state index in [1.54, 1.807) is 11.8 Å². The number of fused-ring (bicyclic) bond motifs is 2. The summed E-state index contributed by atoms with van der Waals surface area (Å²) < 4.78 is 13.6. The molecule has 7 nitrogen and oxygen atoms in total. The molecule has 0 saturated carbocycles. The molecule has 2 aliphatic heterocycles. The maximum atomic E-state index is 12.9. The van der Waals surface area contributed by atoms with Gasteiger partial charge in [0, 0.05) is 43.9 Å². The number of nitrogens with one attached hydrogen (secondary N) is 1. The second-order valence-corrected chi connectivity index (χ2v) is 9.36. The van der Waals surface area contributed by atoms with Gasteiger partial charge in [0.05, 0.1) is 25.6 Å². The Bertz CT molecular complexity index is 1160. The molecule has 0 aliphatic carbocycles. The molecule has 1 fully saturated rings. The van der Waals surface area contributed by atoms with Gasteiger partial charge < -0.3 is 14.8 Å². The summed E-state index contributed by atoms with van der Waals surface area (Å²) in [6, 6.07) is 14.1. The Morgan fingerprint density at radius 1 is 1.15 bits per heavy atom. The number of nitrogens with zero attached hydrogens (tertiary/aromatic N) is 3. The predicted octanol–water partition coefficient (Wildman–Crippen LogP) is 4.35. The summed E-state index contributed by atoms with van der Waals surface area (Å²) in [5.74, 6) is 2.49. The molecule has 5 rings (SSSR count). The van der Waals surface area contributed by atoms with Gasteiger partial charge in [0.25, 0.3) is 0 Å². The zero-order valence-electron chi connectivity index (χ0n) is 19.9. The van der Waals surface area contributed by atoms with Crippen LogP contribution in [0.25, 0.3) is 11.1 Å². The maximum Gasteiger partial charge on any atom is 0.224 e. The van der Waals surface area contributed by atoms with E-state index in [2.05, 4.69) is 27.4 Å². The maximum absolute atomic E-state index is 12.9. The fourth-order valence-electron chi connectivity index (χ4n) is 5.22. The van der Waals surface area contributed by atoms with Gasteiger partial charge in [-0.1, -0.05) is 24.3 Å². The molecule has 2 atom stereocenters. The highest BCUT2D eigenvalue weighted by atomic mass is 16.5. The van der Waals surface area contributed by atoms with Crippen LogP contribution in [0.5, 0.6) is 11.5 Å². The van der Waals surface area contributed by atoms with Crippen molar-refractivity contribution in [2.75, 3.05) is 32.1 Å². The second-order valence-electron chi connectivity index (χ2n) is 9.36. The molecule has 3 heterocycles. The number of aromatic nitrogens is 2. The number of anilines is 1. The minimum Gasteiger partial charge on any atom is -0.496 e. The van der Waals surface area contributed by atoms with Gasteiger partial charge in [-0.25, -0.2) is 0 Å². The minimum atomic E-state index is 0.0639. The quantitative estimate of drug-likeness (QED) is 0.627. The molecule has 34 heavy (non-hydrogen) atoms. The molecule has 3 aromatic rings. The SMILES string of the molecule is COc1ccccc1CN1CC[C@H]2CC(=O)Nc3ccc(-c4cnn(C)c4)cc3OCC[C@H]2C1. The first-order chi connectivity index (χ1) is 16.6. The smallest absolute Gasteiger partial charge is 0.224 e. The molecule has 7 heteroatoms. The molecular weight excluding hydrogens is 428 g/mol. The van der Waals surface area contributed by atoms with Gasteiger partial charge in [-0.2, -0.15) is 5.10 Å². The number of likely N-dealkylation sites (tertiary alicyclic amines) is 1. The zero-order chi connectivity index (χ0) is 23.5. The number of benzene rings is 2. The van der Waals surface area contributed by atoms with Crippen molar-refractivity contribution >= 4 is 11.6 Å². The number of rotatable bonds is 4. The van der Waals surface area contributed by atoms with Crippen LogP contribution in [0.1, 0.15) is 24.8 Å². The number of carbonyl (C=O) groups excluding carboxylic acids is 1. The molecule has 2 aliphatic rings. The van der Waals surface area contributed by atoms with Crippen LogP contribution in [-0.4, -0.2) is 47.4 Å². The fourth-order valence-corrected chi connectivity index (χ4v) is 5.22. The van der Waals surface area contributed by atoms with Crippen LogP contribution >= 0.6 is 0 Å². The summed E-state index contributed by atoms with van der Waals surface area (Å²) >= 11 is 0. The topological polar surface area (TPSA) is 68.6 Å². The summed E-state index contributed by atoms with van der Waals surface area (Å²) in [5.41, 5.74) is 3.99. The summed E-state index contributed by atoms with van der Waals surface area (Å²) in [6.07, 6.45) is 6.31. The van der Waals surface area contributed by atoms with Gasteiger partial charge in [-0.15, -0.1) is 0 Å². The molecule has 1 aromatic heterocycles. The Kier molecular flexibility index (Phi) is 6.54. The fraction of sp³-hybridized carbons (Fsp3) is 0.407. The molecule has 178 valence electrons. The standard InChI is InChI=1S/C27H32N4O3/c1-30-16-23(15-28-30)19-7-8-24-26(13-19)34-12-10-21-17-31(11-9-20(21)14-27(32)29-24)18-22-5-3-4-6-25(22)33-2/h3-8,13,15-16,20-21H,9-12,14,17-18H2,1-2H3,(H,29,32)/t20-,21-/m0/s1. The lowest BCUT2D eigenvalue weighted by Crippen LogP contribution is -2.42. The van der Waals surface area contributed by atoms with Crippen LogP contribution in [0.2, 0.25) is 0 Å². The van der Waals surface area contributed by atoms with Crippen molar-refractivity contribution < 1.29 is 14.3 Å². The normalized spacial score (nSPS) is 21.1. The molecular formula is C27H32N4O3. The molecule has 0 spiro atoms. The Balaban J connectivity index is 1.30. The van der Waals surface area contributed by atoms with E-state index in [4.69, 9.17) is 9.47 Å². The molecule has 1 saturated heterocycles. The van der Waals surface area contributed by atoms with E-state index in [1.807, 2.05) is 49.8 Å². The van der Waals surface area contributed by atoms with Crippen molar-refractivity contribution in [3.05, 3.63) is 60.4 Å². The Labute approximate surface area is 200 Å². The zero-order valence-corrected chi connectivity index (χ0v) is 19.9. The number of ether oxygens (including phenoxy) is 2. The Morgan fingerprint density at radius 2 is 2.03 bits per heavy atom. The Morgan fingerprint density at radius 3 is 2.85 bits per heavy atom. The van der Waals surface area contributed by atoms with E-state index in [1.165, 1.54) is 5.56 Å². The van der Waals surface area contributed by atoms with Crippen LogP contribution in [0.4, 0.5) is 5.69 Å². The first-order valence-corrected chi connectivity index (χ1v) is 12.0. The van der Waals surface area contributed by atoms with Crippen LogP contribution in [0.3, 0.4) is 0 Å². The van der Waals surface area contributed by atoms with E-state index in [0.29, 0.717) is 24.9 Å². The van der Waals surface area contributed by atoms with Crippen LogP contribution in [0, 0.1) is 11.8 Å². The number of hydrogen-bond acceptors (Lipinski definition) is 5. The highest BCUT2D eigenvalue weighted by Gasteiger charge is 2.32. The summed E-state index contributed by atoms with van der Waals surface area (Å²) in [7, 11) is 3.62.